The minimum Gasteiger partial charge on any atom is -0.496 e. The fourth-order valence-corrected chi connectivity index (χ4v) is 4.83. The van der Waals surface area contributed by atoms with E-state index in [0.717, 1.165) is 17.3 Å². The average molecular weight is 515 g/mol. The van der Waals surface area contributed by atoms with Crippen LogP contribution in [0.15, 0.2) is 24.3 Å². The molecular weight excluding hydrogens is 476 g/mol. The van der Waals surface area contributed by atoms with Gasteiger partial charge in [-0.25, -0.2) is 0 Å². The number of ketones is 1. The van der Waals surface area contributed by atoms with Crippen LogP contribution in [0.4, 0.5) is 0 Å². The van der Waals surface area contributed by atoms with Crippen LogP contribution in [-0.2, 0) is 20.9 Å². The highest BCUT2D eigenvalue weighted by molar-refractivity contribution is 6.02. The maximum Gasteiger partial charge on any atom is 0.268 e. The Kier molecular flexibility index (Phi) is 9.68. The molecular formula is C27H38N4O6. The molecule has 37 heavy (non-hydrogen) atoms. The van der Waals surface area contributed by atoms with Gasteiger partial charge in [0, 0.05) is 24.4 Å². The van der Waals surface area contributed by atoms with Gasteiger partial charge in [-0.1, -0.05) is 26.8 Å². The van der Waals surface area contributed by atoms with E-state index in [1.165, 1.54) is 0 Å². The summed E-state index contributed by atoms with van der Waals surface area (Å²) in [4.78, 5) is 51.3. The van der Waals surface area contributed by atoms with Crippen LogP contribution in [0.25, 0.3) is 10.9 Å². The van der Waals surface area contributed by atoms with Gasteiger partial charge < -0.3 is 30.4 Å². The number of aliphatic hydroxyl groups excluding tert-OH is 1. The molecule has 1 aliphatic heterocycles. The van der Waals surface area contributed by atoms with Gasteiger partial charge in [0.25, 0.3) is 5.91 Å². The fourth-order valence-electron chi connectivity index (χ4n) is 4.83. The Morgan fingerprint density at radius 1 is 1.22 bits per heavy atom. The maximum atomic E-state index is 13.5. The SMILES string of the molecule is CCCn1c(C(=O)N[C@H](CC(C)C)C(=O)N[C@H](C[C@H]2CCNC2=O)C(=O)CO)cc2c(OC)cccc21. The molecule has 1 aromatic heterocycles. The van der Waals surface area contributed by atoms with Crippen LogP contribution < -0.4 is 20.7 Å². The number of aryl methyl sites for hydroxylation is 1. The Morgan fingerprint density at radius 3 is 2.57 bits per heavy atom. The second-order valence-corrected chi connectivity index (χ2v) is 9.93. The van der Waals surface area contributed by atoms with Crippen LogP contribution in [0.2, 0.25) is 0 Å². The first-order chi connectivity index (χ1) is 17.7. The van der Waals surface area contributed by atoms with Gasteiger partial charge in [-0.2, -0.15) is 0 Å². The summed E-state index contributed by atoms with van der Waals surface area (Å²) in [7, 11) is 1.58. The number of amides is 3. The van der Waals surface area contributed by atoms with Crippen molar-refractivity contribution in [2.75, 3.05) is 20.3 Å². The van der Waals surface area contributed by atoms with Crippen molar-refractivity contribution in [3.05, 3.63) is 30.0 Å². The van der Waals surface area contributed by atoms with E-state index < -0.39 is 42.2 Å². The molecule has 2 aromatic rings. The maximum absolute atomic E-state index is 13.5. The van der Waals surface area contributed by atoms with Crippen molar-refractivity contribution in [2.45, 2.75) is 65.1 Å². The van der Waals surface area contributed by atoms with Gasteiger partial charge in [0.15, 0.2) is 5.78 Å². The summed E-state index contributed by atoms with van der Waals surface area (Å²) in [6.07, 6.45) is 1.81. The van der Waals surface area contributed by atoms with Crippen LogP contribution in [0, 0.1) is 11.8 Å². The molecule has 0 radical (unpaired) electrons. The molecule has 1 fully saturated rings. The third kappa shape index (κ3) is 6.68. The number of hydrogen-bond donors (Lipinski definition) is 4. The van der Waals surface area contributed by atoms with Gasteiger partial charge in [0.1, 0.15) is 24.1 Å². The molecule has 2 heterocycles. The van der Waals surface area contributed by atoms with Gasteiger partial charge >= 0.3 is 0 Å². The predicted octanol–water partition coefficient (Wildman–Crippen LogP) is 1.78. The van der Waals surface area contributed by atoms with E-state index in [9.17, 15) is 24.3 Å². The largest absolute Gasteiger partial charge is 0.496 e. The summed E-state index contributed by atoms with van der Waals surface area (Å²) in [6, 6.07) is 5.46. The highest BCUT2D eigenvalue weighted by Gasteiger charge is 2.33. The van der Waals surface area contributed by atoms with E-state index in [4.69, 9.17) is 4.74 Å². The van der Waals surface area contributed by atoms with Gasteiger partial charge in [0.05, 0.1) is 18.7 Å². The summed E-state index contributed by atoms with van der Waals surface area (Å²) in [5.41, 5.74) is 1.27. The Balaban J connectivity index is 1.85. The molecule has 202 valence electrons. The molecule has 0 aliphatic carbocycles. The van der Waals surface area contributed by atoms with Crippen molar-refractivity contribution >= 4 is 34.4 Å². The first-order valence-electron chi connectivity index (χ1n) is 12.9. The Bertz CT molecular complexity index is 1140. The molecule has 4 N–H and O–H groups in total. The number of aromatic nitrogens is 1. The average Bonchev–Trinajstić information content (AvgIpc) is 3.45. The van der Waals surface area contributed by atoms with Crippen molar-refractivity contribution in [2.24, 2.45) is 11.8 Å². The number of carbonyl (C=O) groups excluding carboxylic acids is 4. The third-order valence-electron chi connectivity index (χ3n) is 6.68. The summed E-state index contributed by atoms with van der Waals surface area (Å²) in [5.74, 6) is -1.37. The third-order valence-corrected chi connectivity index (χ3v) is 6.68. The van der Waals surface area contributed by atoms with Gasteiger partial charge in [-0.05, 0) is 49.8 Å². The highest BCUT2D eigenvalue weighted by Crippen LogP contribution is 2.29. The lowest BCUT2D eigenvalue weighted by atomic mass is 9.95. The van der Waals surface area contributed by atoms with E-state index in [-0.39, 0.29) is 18.2 Å². The highest BCUT2D eigenvalue weighted by atomic mass is 16.5. The minimum atomic E-state index is -1.02. The van der Waals surface area contributed by atoms with Crippen LogP contribution in [0.5, 0.6) is 5.75 Å². The molecule has 0 saturated carbocycles. The molecule has 1 aromatic carbocycles. The second-order valence-electron chi connectivity index (χ2n) is 9.93. The number of hydrogen-bond acceptors (Lipinski definition) is 6. The van der Waals surface area contributed by atoms with E-state index in [0.29, 0.717) is 37.4 Å². The number of ether oxygens (including phenoxy) is 1. The zero-order valence-electron chi connectivity index (χ0n) is 22.0. The molecule has 0 bridgehead atoms. The number of carbonyl (C=O) groups is 4. The second kappa shape index (κ2) is 12.7. The van der Waals surface area contributed by atoms with Crippen molar-refractivity contribution in [1.82, 2.24) is 20.5 Å². The minimum absolute atomic E-state index is 0.0743. The van der Waals surface area contributed by atoms with Crippen LogP contribution >= 0.6 is 0 Å². The smallest absolute Gasteiger partial charge is 0.268 e. The van der Waals surface area contributed by atoms with Crippen molar-refractivity contribution < 1.29 is 29.0 Å². The Morgan fingerprint density at radius 2 is 1.97 bits per heavy atom. The molecule has 0 spiro atoms. The first-order valence-corrected chi connectivity index (χ1v) is 12.9. The lowest BCUT2D eigenvalue weighted by Gasteiger charge is -2.25. The number of fused-ring (bicyclic) bond motifs is 1. The van der Waals surface area contributed by atoms with Gasteiger partial charge in [0.2, 0.25) is 11.8 Å². The van der Waals surface area contributed by atoms with Crippen LogP contribution in [-0.4, -0.2) is 65.5 Å². The molecule has 3 atom stereocenters. The number of nitrogens with zero attached hydrogens (tertiary/aromatic N) is 1. The number of Topliss-reactive ketones (excluding diaryl/α,β-unsaturated/α-hetero) is 1. The van der Waals surface area contributed by atoms with Crippen molar-refractivity contribution in [3.63, 3.8) is 0 Å². The Hall–Kier alpha value is -3.40. The number of nitrogens with one attached hydrogen (secondary N) is 3. The topological polar surface area (TPSA) is 139 Å². The van der Waals surface area contributed by atoms with Crippen LogP contribution in [0.1, 0.15) is 56.9 Å². The number of methoxy groups -OCH3 is 1. The van der Waals surface area contributed by atoms with Crippen LogP contribution in [0.3, 0.4) is 0 Å². The van der Waals surface area contributed by atoms with Gasteiger partial charge in [-0.3, -0.25) is 19.2 Å². The normalized spacial score (nSPS) is 16.9. The van der Waals surface area contributed by atoms with E-state index in [1.807, 2.05) is 43.5 Å². The lowest BCUT2D eigenvalue weighted by Crippen LogP contribution is -2.53. The van der Waals surface area contributed by atoms with E-state index in [1.54, 1.807) is 13.2 Å². The monoisotopic (exact) mass is 514 g/mol. The zero-order chi connectivity index (χ0) is 27.1. The lowest BCUT2D eigenvalue weighted by molar-refractivity contribution is -0.131. The summed E-state index contributed by atoms with van der Waals surface area (Å²) in [6.45, 7) is 6.26. The molecule has 3 rings (SSSR count). The molecule has 1 aliphatic rings. The fraction of sp³-hybridized carbons (Fsp3) is 0.556. The zero-order valence-corrected chi connectivity index (χ0v) is 22.0. The molecule has 3 amide bonds. The van der Waals surface area contributed by atoms with Crippen molar-refractivity contribution in [3.8, 4) is 5.75 Å². The number of aliphatic hydroxyl groups is 1. The molecule has 0 unspecified atom stereocenters. The Labute approximate surface area is 217 Å². The summed E-state index contributed by atoms with van der Waals surface area (Å²) in [5, 5.41) is 18.5. The number of rotatable bonds is 13. The molecule has 1 saturated heterocycles. The predicted molar refractivity (Wildman–Crippen MR) is 139 cm³/mol. The van der Waals surface area contributed by atoms with E-state index in [2.05, 4.69) is 16.0 Å². The standard InChI is InChI=1S/C27H38N4O6/c1-5-11-31-21-7-6-8-24(37-4)18(21)14-22(31)27(36)30-20(12-16(2)3)26(35)29-19(23(33)15-32)13-17-9-10-28-25(17)34/h6-8,14,16-17,19-20,32H,5,9-13,15H2,1-4H3,(H,28,34)(H,29,35)(H,30,36)/t17-,19-,20-/m1/s1. The van der Waals surface area contributed by atoms with Gasteiger partial charge in [-0.15, -0.1) is 0 Å². The molecule has 10 heteroatoms. The summed E-state index contributed by atoms with van der Waals surface area (Å²) >= 11 is 0. The first kappa shape index (κ1) is 28.2. The quantitative estimate of drug-likeness (QED) is 0.321. The van der Waals surface area contributed by atoms with Crippen molar-refractivity contribution in [1.29, 1.82) is 0 Å². The summed E-state index contributed by atoms with van der Waals surface area (Å²) < 4.78 is 7.39. The number of benzene rings is 1. The van der Waals surface area contributed by atoms with E-state index >= 15 is 0 Å². The molecule has 10 nitrogen and oxygen atoms in total.